The smallest absolute Gasteiger partial charge is 0.113 e. The molecule has 0 amide bonds. The zero-order valence-corrected chi connectivity index (χ0v) is 41.1. The van der Waals surface area contributed by atoms with E-state index >= 15 is 0 Å². The predicted molar refractivity (Wildman–Crippen MR) is 303 cm³/mol. The fourth-order valence-corrected chi connectivity index (χ4v) is 10.3. The van der Waals surface area contributed by atoms with E-state index in [1.165, 1.54) is 77.8 Å². The molecule has 11 aromatic carbocycles. The number of para-hydroxylation sites is 2. The number of hydrogen-bond donors (Lipinski definition) is 0. The summed E-state index contributed by atoms with van der Waals surface area (Å²) in [6.45, 7) is 8.57. The largest absolute Gasteiger partial charge is 0.311 e. The van der Waals surface area contributed by atoms with Crippen molar-refractivity contribution in [2.24, 2.45) is 0 Å². The first-order valence-corrected chi connectivity index (χ1v) is 24.9. The molecule has 0 aliphatic carbocycles. The summed E-state index contributed by atoms with van der Waals surface area (Å²) in [6, 6.07) is 86.6. The molecular formula is C66H52N4S. The predicted octanol–water partition coefficient (Wildman–Crippen LogP) is 18.9. The Balaban J connectivity index is 0.000000159. The molecule has 0 saturated carbocycles. The van der Waals surface area contributed by atoms with Gasteiger partial charge >= 0.3 is 0 Å². The molecule has 0 fully saturated rings. The number of aryl methyl sites for hydroxylation is 4. The summed E-state index contributed by atoms with van der Waals surface area (Å²) in [6.07, 6.45) is 0. The third kappa shape index (κ3) is 9.07. The second kappa shape index (κ2) is 19.8. The molecule has 0 radical (unpaired) electrons. The average molecular weight is 933 g/mol. The van der Waals surface area contributed by atoms with Gasteiger partial charge in [-0.25, -0.2) is 0 Å². The molecule has 5 heteroatoms. The Bertz CT molecular complexity index is 3520. The number of aromatic nitrogens is 2. The third-order valence-electron chi connectivity index (χ3n) is 13.5. The minimum absolute atomic E-state index is 0.973. The quantitative estimate of drug-likeness (QED) is 0.144. The summed E-state index contributed by atoms with van der Waals surface area (Å²) in [5, 5.41) is 5.07. The molecule has 0 unspecified atom stereocenters. The monoisotopic (exact) mass is 932 g/mol. The van der Waals surface area contributed by atoms with Crippen molar-refractivity contribution in [1.82, 2.24) is 8.75 Å². The van der Waals surface area contributed by atoms with Crippen LogP contribution in [0.5, 0.6) is 0 Å². The van der Waals surface area contributed by atoms with E-state index in [-0.39, 0.29) is 0 Å². The van der Waals surface area contributed by atoms with Crippen LogP contribution >= 0.6 is 11.7 Å². The highest BCUT2D eigenvalue weighted by atomic mass is 32.1. The maximum atomic E-state index is 4.74. The summed E-state index contributed by atoms with van der Waals surface area (Å²) in [7, 11) is 0. The van der Waals surface area contributed by atoms with Gasteiger partial charge < -0.3 is 9.80 Å². The van der Waals surface area contributed by atoms with Gasteiger partial charge in [-0.3, -0.25) is 0 Å². The zero-order chi connectivity index (χ0) is 48.3. The maximum absolute atomic E-state index is 4.74. The van der Waals surface area contributed by atoms with E-state index in [0.717, 1.165) is 56.3 Å². The van der Waals surface area contributed by atoms with E-state index in [1.54, 1.807) is 0 Å². The number of hydrogen-bond acceptors (Lipinski definition) is 5. The Morgan fingerprint density at radius 2 is 0.592 bits per heavy atom. The normalized spacial score (nSPS) is 11.1. The summed E-state index contributed by atoms with van der Waals surface area (Å²) < 4.78 is 9.48. The van der Waals surface area contributed by atoms with Gasteiger partial charge in [0.15, 0.2) is 0 Å². The Morgan fingerprint density at radius 3 is 0.972 bits per heavy atom. The van der Waals surface area contributed by atoms with Gasteiger partial charge in [0.1, 0.15) is 11.0 Å². The molecule has 0 atom stereocenters. The van der Waals surface area contributed by atoms with Gasteiger partial charge in [0.25, 0.3) is 0 Å². The van der Waals surface area contributed by atoms with Crippen molar-refractivity contribution in [2.75, 3.05) is 9.80 Å². The number of rotatable bonds is 9. The second-order valence-corrected chi connectivity index (χ2v) is 18.7. The summed E-state index contributed by atoms with van der Waals surface area (Å²) in [5.41, 5.74) is 20.9. The number of fused-ring (bicyclic) bond motifs is 3. The lowest BCUT2D eigenvalue weighted by Gasteiger charge is -2.26. The third-order valence-corrected chi connectivity index (χ3v) is 14.0. The average Bonchev–Trinajstić information content (AvgIpc) is 3.92. The van der Waals surface area contributed by atoms with Crippen molar-refractivity contribution in [2.45, 2.75) is 27.7 Å². The van der Waals surface area contributed by atoms with Crippen LogP contribution < -0.4 is 9.80 Å². The van der Waals surface area contributed by atoms with Gasteiger partial charge in [0, 0.05) is 45.3 Å². The van der Waals surface area contributed by atoms with Crippen molar-refractivity contribution in [3.05, 3.63) is 265 Å². The van der Waals surface area contributed by atoms with Crippen LogP contribution in [0, 0.1) is 27.7 Å². The lowest BCUT2D eigenvalue weighted by Crippen LogP contribution is -2.10. The van der Waals surface area contributed by atoms with Crippen LogP contribution in [-0.4, -0.2) is 8.75 Å². The van der Waals surface area contributed by atoms with E-state index in [0.29, 0.717) is 0 Å². The Labute approximate surface area is 420 Å². The molecule has 342 valence electrons. The van der Waals surface area contributed by atoms with Crippen LogP contribution in [0.2, 0.25) is 0 Å². The van der Waals surface area contributed by atoms with Crippen LogP contribution in [-0.2, 0) is 0 Å². The molecule has 12 aromatic rings. The van der Waals surface area contributed by atoms with Crippen molar-refractivity contribution >= 4 is 78.4 Å². The molecular weight excluding hydrogens is 881 g/mol. The lowest BCUT2D eigenvalue weighted by atomic mass is 9.91. The van der Waals surface area contributed by atoms with Gasteiger partial charge in [-0.05, 0) is 155 Å². The number of benzene rings is 11. The van der Waals surface area contributed by atoms with Crippen molar-refractivity contribution in [3.63, 3.8) is 0 Å². The summed E-state index contributed by atoms with van der Waals surface area (Å²) in [4.78, 5) is 4.59. The second-order valence-electron chi connectivity index (χ2n) is 18.2. The summed E-state index contributed by atoms with van der Waals surface area (Å²) >= 11 is 1.29. The maximum Gasteiger partial charge on any atom is 0.113 e. The SMILES string of the molecule is Cc1ccc(N(c2ccccc2)c2ccc(-c3ccc(N(c4ccccc4)c4ccc(C)cc4)cc3)cc2)cc1.Cc1cccc2c(-c3ccc(-c4cccc5c(C)cccc45)c4nsnc34)cccc12. The van der Waals surface area contributed by atoms with Gasteiger partial charge in [-0.1, -0.05) is 181 Å². The standard InChI is InChI=1S/C38H32N2.C28H20N2S/c1-29-13-21-35(22-14-29)39(33-9-5-3-6-10-33)37-25-17-31(18-26-37)32-19-27-38(28-20-32)40(34-11-7-4-8-12-34)36-23-15-30(2)16-24-36;1-17-7-3-11-21-19(17)9-5-13-23(21)25-15-16-26(28-27(25)29-31-30-28)24-14-6-10-20-18(2)8-4-12-22(20)24/h3-28H,1-2H3;3-16H,1-2H3. The van der Waals surface area contributed by atoms with Gasteiger partial charge in [-0.15, -0.1) is 0 Å². The van der Waals surface area contributed by atoms with E-state index < -0.39 is 0 Å². The number of anilines is 6. The molecule has 4 nitrogen and oxygen atoms in total. The highest BCUT2D eigenvalue weighted by molar-refractivity contribution is 7.00. The molecule has 1 aromatic heterocycles. The van der Waals surface area contributed by atoms with Crippen LogP contribution in [0.4, 0.5) is 34.1 Å². The van der Waals surface area contributed by atoms with Crippen LogP contribution in [0.1, 0.15) is 22.3 Å². The van der Waals surface area contributed by atoms with E-state index in [1.807, 2.05) is 0 Å². The van der Waals surface area contributed by atoms with Gasteiger partial charge in [0.2, 0.25) is 0 Å². The topological polar surface area (TPSA) is 32.3 Å². The van der Waals surface area contributed by atoms with E-state index in [2.05, 4.69) is 280 Å². The molecule has 0 bridgehead atoms. The minimum atomic E-state index is 0.973. The zero-order valence-electron chi connectivity index (χ0n) is 40.3. The fourth-order valence-electron chi connectivity index (χ4n) is 9.75. The molecule has 0 saturated heterocycles. The van der Waals surface area contributed by atoms with Gasteiger partial charge in [-0.2, -0.15) is 8.75 Å². The van der Waals surface area contributed by atoms with Crippen LogP contribution in [0.15, 0.2) is 243 Å². The molecule has 71 heavy (non-hydrogen) atoms. The molecule has 0 spiro atoms. The van der Waals surface area contributed by atoms with Crippen LogP contribution in [0.25, 0.3) is 66.0 Å². The lowest BCUT2D eigenvalue weighted by molar-refractivity contribution is 1.27. The molecule has 12 rings (SSSR count). The van der Waals surface area contributed by atoms with Crippen molar-refractivity contribution in [1.29, 1.82) is 0 Å². The van der Waals surface area contributed by atoms with Crippen LogP contribution in [0.3, 0.4) is 0 Å². The summed E-state index contributed by atoms with van der Waals surface area (Å²) in [5.74, 6) is 0. The highest BCUT2D eigenvalue weighted by Crippen LogP contribution is 2.41. The molecule has 0 aliphatic heterocycles. The molecule has 1 heterocycles. The first-order valence-electron chi connectivity index (χ1n) is 24.1. The Morgan fingerprint density at radius 1 is 0.268 bits per heavy atom. The molecule has 0 aliphatic rings. The first-order chi connectivity index (χ1) is 34.9. The number of nitrogens with zero attached hydrogens (tertiary/aromatic N) is 4. The highest BCUT2D eigenvalue weighted by Gasteiger charge is 2.18. The Kier molecular flexibility index (Phi) is 12.5. The fraction of sp³-hybridized carbons (Fsp3) is 0.0606. The van der Waals surface area contributed by atoms with Crippen molar-refractivity contribution < 1.29 is 0 Å². The van der Waals surface area contributed by atoms with E-state index in [4.69, 9.17) is 8.75 Å². The van der Waals surface area contributed by atoms with E-state index in [9.17, 15) is 0 Å². The minimum Gasteiger partial charge on any atom is -0.311 e. The molecule has 0 N–H and O–H groups in total. The Hall–Kier alpha value is -8.64. The van der Waals surface area contributed by atoms with Gasteiger partial charge in [0.05, 0.1) is 11.7 Å². The van der Waals surface area contributed by atoms with Crippen molar-refractivity contribution in [3.8, 4) is 33.4 Å². The first kappa shape index (κ1) is 44.8.